The Morgan fingerprint density at radius 1 is 1.33 bits per heavy atom. The van der Waals surface area contributed by atoms with Gasteiger partial charge in [0.25, 0.3) is 0 Å². The molecule has 1 saturated carbocycles. The Labute approximate surface area is 171 Å². The fraction of sp³-hybridized carbons (Fsp3) is 0.857. The lowest BCUT2D eigenvalue weighted by molar-refractivity contribution is -0.242. The van der Waals surface area contributed by atoms with Gasteiger partial charge in [-0.3, -0.25) is 0 Å². The number of carbonyl (C=O) groups excluding carboxylic acids is 1. The Morgan fingerprint density at radius 3 is 2.67 bits per heavy atom. The van der Waals surface area contributed by atoms with E-state index >= 15 is 0 Å². The standard InChI is InChI=1S/C21H34BrNO4/c1-12(2)14-8-7-13(3)11-21(14)25-17-9-15(22)16(10-18(17)26-21)23-19(24)27-20(4,5)6/h9,12-14,16-18H,7-8,10-11H2,1-6H3,(H,23,24)/t13-,14+,16+,17-,18+,21-/m1/s1. The molecular weight excluding hydrogens is 410 g/mol. The van der Waals surface area contributed by atoms with Crippen LogP contribution in [0.1, 0.15) is 67.2 Å². The molecule has 0 aromatic heterocycles. The van der Waals surface area contributed by atoms with Crippen LogP contribution in [0.25, 0.3) is 0 Å². The van der Waals surface area contributed by atoms with E-state index in [2.05, 4.69) is 48.1 Å². The van der Waals surface area contributed by atoms with Crippen molar-refractivity contribution in [1.82, 2.24) is 5.32 Å². The smallest absolute Gasteiger partial charge is 0.408 e. The van der Waals surface area contributed by atoms with Crippen LogP contribution >= 0.6 is 15.9 Å². The summed E-state index contributed by atoms with van der Waals surface area (Å²) in [5, 5.41) is 2.96. The Bertz CT molecular complexity index is 599. The van der Waals surface area contributed by atoms with Crippen molar-refractivity contribution in [2.75, 3.05) is 0 Å². The summed E-state index contributed by atoms with van der Waals surface area (Å²) in [4.78, 5) is 12.2. The van der Waals surface area contributed by atoms with Crippen LogP contribution in [0, 0.1) is 17.8 Å². The van der Waals surface area contributed by atoms with Gasteiger partial charge in [-0.25, -0.2) is 4.79 Å². The van der Waals surface area contributed by atoms with Crippen molar-refractivity contribution in [2.24, 2.45) is 17.8 Å². The molecular formula is C21H34BrNO4. The van der Waals surface area contributed by atoms with Crippen LogP contribution in [-0.2, 0) is 14.2 Å². The van der Waals surface area contributed by atoms with Gasteiger partial charge in [0.1, 0.15) is 11.7 Å². The molecule has 0 aromatic rings. The molecule has 6 atom stereocenters. The largest absolute Gasteiger partial charge is 0.444 e. The molecule has 0 bridgehead atoms. The molecule has 5 nitrogen and oxygen atoms in total. The van der Waals surface area contributed by atoms with Crippen LogP contribution in [0.2, 0.25) is 0 Å². The number of carbonyl (C=O) groups is 1. The van der Waals surface area contributed by atoms with E-state index in [4.69, 9.17) is 14.2 Å². The number of ether oxygens (including phenoxy) is 3. The Kier molecular flexibility index (Phi) is 6.01. The van der Waals surface area contributed by atoms with Crippen LogP contribution in [0.4, 0.5) is 4.79 Å². The van der Waals surface area contributed by atoms with Gasteiger partial charge in [-0.2, -0.15) is 0 Å². The molecule has 1 heterocycles. The van der Waals surface area contributed by atoms with E-state index in [9.17, 15) is 4.79 Å². The van der Waals surface area contributed by atoms with Crippen molar-refractivity contribution in [3.63, 3.8) is 0 Å². The minimum atomic E-state index is -0.517. The van der Waals surface area contributed by atoms with Gasteiger partial charge >= 0.3 is 6.09 Å². The second kappa shape index (κ2) is 7.68. The second-order valence-corrected chi connectivity index (χ2v) is 10.7. The monoisotopic (exact) mass is 443 g/mol. The quantitative estimate of drug-likeness (QED) is 0.641. The van der Waals surface area contributed by atoms with Crippen LogP contribution in [0.3, 0.4) is 0 Å². The highest BCUT2D eigenvalue weighted by Crippen LogP contribution is 2.51. The van der Waals surface area contributed by atoms with Crippen molar-refractivity contribution < 1.29 is 19.0 Å². The lowest BCUT2D eigenvalue weighted by Gasteiger charge is -2.44. The molecule has 0 unspecified atom stereocenters. The molecule has 0 aromatic carbocycles. The van der Waals surface area contributed by atoms with Gasteiger partial charge < -0.3 is 19.5 Å². The maximum atomic E-state index is 12.2. The Hall–Kier alpha value is -0.590. The molecule has 3 aliphatic rings. The Morgan fingerprint density at radius 2 is 2.04 bits per heavy atom. The van der Waals surface area contributed by atoms with E-state index in [1.165, 1.54) is 6.42 Å². The minimum absolute atomic E-state index is 0.0437. The van der Waals surface area contributed by atoms with Gasteiger partial charge in [-0.05, 0) is 45.1 Å². The molecule has 154 valence electrons. The van der Waals surface area contributed by atoms with E-state index in [0.717, 1.165) is 17.3 Å². The number of alkyl carbamates (subject to hydrolysis) is 1. The molecule has 1 N–H and O–H groups in total. The van der Waals surface area contributed by atoms with Crippen molar-refractivity contribution in [1.29, 1.82) is 0 Å². The van der Waals surface area contributed by atoms with Gasteiger partial charge in [-0.15, -0.1) is 0 Å². The van der Waals surface area contributed by atoms with E-state index < -0.39 is 17.5 Å². The third kappa shape index (κ3) is 4.70. The minimum Gasteiger partial charge on any atom is -0.444 e. The summed E-state index contributed by atoms with van der Waals surface area (Å²) in [5.41, 5.74) is -0.517. The summed E-state index contributed by atoms with van der Waals surface area (Å²) < 4.78 is 19.5. The zero-order valence-electron chi connectivity index (χ0n) is 17.4. The highest BCUT2D eigenvalue weighted by Gasteiger charge is 2.56. The normalized spacial score (nSPS) is 39.3. The fourth-order valence-electron chi connectivity index (χ4n) is 4.71. The van der Waals surface area contributed by atoms with Crippen LogP contribution in [0.5, 0.6) is 0 Å². The van der Waals surface area contributed by atoms with Crippen LogP contribution in [-0.4, -0.2) is 35.7 Å². The molecule has 3 rings (SSSR count). The van der Waals surface area contributed by atoms with Gasteiger partial charge in [0, 0.05) is 23.2 Å². The molecule has 6 heteroatoms. The van der Waals surface area contributed by atoms with Crippen molar-refractivity contribution in [3.8, 4) is 0 Å². The van der Waals surface area contributed by atoms with E-state index in [-0.39, 0.29) is 18.2 Å². The molecule has 2 fully saturated rings. The first-order valence-corrected chi connectivity index (χ1v) is 11.0. The molecule has 1 saturated heterocycles. The van der Waals surface area contributed by atoms with Crippen molar-refractivity contribution in [2.45, 2.75) is 96.9 Å². The molecule has 1 spiro atoms. The summed E-state index contributed by atoms with van der Waals surface area (Å²) >= 11 is 3.62. The Balaban J connectivity index is 1.71. The topological polar surface area (TPSA) is 56.8 Å². The molecule has 2 aliphatic carbocycles. The SMILES string of the molecule is CC(C)[C@@H]1CC[C@@H](C)C[C@@]12O[C@H]1C[C@H](NC(=O)OC(C)(C)C)C(Br)=C[C@H]1O2. The van der Waals surface area contributed by atoms with E-state index in [1.807, 2.05) is 20.8 Å². The van der Waals surface area contributed by atoms with E-state index in [1.54, 1.807) is 0 Å². The molecule has 1 aliphatic heterocycles. The van der Waals surface area contributed by atoms with Gasteiger partial charge in [0.2, 0.25) is 0 Å². The third-order valence-electron chi connectivity index (χ3n) is 5.84. The van der Waals surface area contributed by atoms with Crippen molar-refractivity contribution in [3.05, 3.63) is 10.6 Å². The first-order valence-electron chi connectivity index (χ1n) is 10.2. The number of nitrogens with one attached hydrogen (secondary N) is 1. The summed E-state index contributed by atoms with van der Waals surface area (Å²) in [6.07, 6.45) is 5.54. The van der Waals surface area contributed by atoms with Gasteiger partial charge in [-0.1, -0.05) is 43.1 Å². The highest BCUT2D eigenvalue weighted by atomic mass is 79.9. The summed E-state index contributed by atoms with van der Waals surface area (Å²) in [5.74, 6) is 1.03. The molecule has 27 heavy (non-hydrogen) atoms. The zero-order valence-corrected chi connectivity index (χ0v) is 19.0. The number of amides is 1. The average molecular weight is 444 g/mol. The summed E-state index contributed by atoms with van der Waals surface area (Å²) in [6.45, 7) is 12.4. The number of hydrogen-bond acceptors (Lipinski definition) is 4. The van der Waals surface area contributed by atoms with Gasteiger partial charge in [0.05, 0.1) is 12.1 Å². The lowest BCUT2D eigenvalue weighted by atomic mass is 9.73. The fourth-order valence-corrected chi connectivity index (χ4v) is 5.27. The lowest BCUT2D eigenvalue weighted by Crippen LogP contribution is -2.47. The van der Waals surface area contributed by atoms with Gasteiger partial charge in [0.15, 0.2) is 5.79 Å². The molecule has 1 amide bonds. The third-order valence-corrected chi connectivity index (χ3v) is 6.66. The first kappa shape index (κ1) is 21.1. The van der Waals surface area contributed by atoms with E-state index in [0.29, 0.717) is 24.2 Å². The van der Waals surface area contributed by atoms with Crippen molar-refractivity contribution >= 4 is 22.0 Å². The summed E-state index contributed by atoms with van der Waals surface area (Å²) in [6, 6.07) is -0.154. The first-order chi connectivity index (χ1) is 12.5. The summed E-state index contributed by atoms with van der Waals surface area (Å²) in [7, 11) is 0. The van der Waals surface area contributed by atoms with Crippen LogP contribution in [0.15, 0.2) is 10.6 Å². The number of fused-ring (bicyclic) bond motifs is 1. The zero-order chi connectivity index (χ0) is 20.0. The highest BCUT2D eigenvalue weighted by molar-refractivity contribution is 9.11. The predicted octanol–water partition coefficient (Wildman–Crippen LogP) is 5.13. The van der Waals surface area contributed by atoms with Crippen LogP contribution < -0.4 is 5.32 Å². The maximum Gasteiger partial charge on any atom is 0.408 e. The maximum absolute atomic E-state index is 12.2. The number of rotatable bonds is 2. The number of hydrogen-bond donors (Lipinski definition) is 1. The number of halogens is 1. The molecule has 0 radical (unpaired) electrons. The average Bonchev–Trinajstić information content (AvgIpc) is 2.81. The predicted molar refractivity (Wildman–Crippen MR) is 109 cm³/mol. The second-order valence-electron chi connectivity index (χ2n) is 9.77.